The van der Waals surface area contributed by atoms with Crippen LogP contribution in [0.4, 0.5) is 10.5 Å². The van der Waals surface area contributed by atoms with Gasteiger partial charge in [0.1, 0.15) is 0 Å². The summed E-state index contributed by atoms with van der Waals surface area (Å²) < 4.78 is 6.68. The van der Waals surface area contributed by atoms with Gasteiger partial charge < -0.3 is 14.5 Å². The van der Waals surface area contributed by atoms with Gasteiger partial charge in [0.15, 0.2) is 0 Å². The highest BCUT2D eigenvalue weighted by molar-refractivity contribution is 6.40. The standard InChI is InChI=1S/C25H27Cl2N3O3/c26-20-7-3-5-18(15-20)16-25(21-8-1-2-9-22(21)30(27)23(25)31)19-6-4-10-29(17-19)24(32)28-11-13-33-14-12-28/h1-3,5,7-9,15,19H,4,6,10-14,16-17H2. The molecule has 2 saturated heterocycles. The summed E-state index contributed by atoms with van der Waals surface area (Å²) in [5.74, 6) is -0.191. The van der Waals surface area contributed by atoms with Gasteiger partial charge >= 0.3 is 6.03 Å². The first-order valence-corrected chi connectivity index (χ1v) is 12.2. The number of morpholine rings is 1. The van der Waals surface area contributed by atoms with Crippen LogP contribution in [0.1, 0.15) is 24.0 Å². The molecule has 0 aliphatic carbocycles. The number of fused-ring (bicyclic) bond motifs is 1. The fourth-order valence-electron chi connectivity index (χ4n) is 5.61. The largest absolute Gasteiger partial charge is 0.378 e. The molecule has 2 atom stereocenters. The smallest absolute Gasteiger partial charge is 0.320 e. The maximum absolute atomic E-state index is 13.9. The molecule has 3 aliphatic heterocycles. The van der Waals surface area contributed by atoms with E-state index in [9.17, 15) is 9.59 Å². The minimum Gasteiger partial charge on any atom is -0.378 e. The van der Waals surface area contributed by atoms with Crippen molar-refractivity contribution in [3.05, 3.63) is 64.7 Å². The molecule has 33 heavy (non-hydrogen) atoms. The van der Waals surface area contributed by atoms with Crippen LogP contribution < -0.4 is 4.42 Å². The van der Waals surface area contributed by atoms with Crippen molar-refractivity contribution in [2.75, 3.05) is 43.8 Å². The Labute approximate surface area is 204 Å². The molecule has 6 nitrogen and oxygen atoms in total. The Kier molecular flexibility index (Phi) is 6.25. The molecule has 174 valence electrons. The molecule has 0 saturated carbocycles. The third-order valence-corrected chi connectivity index (χ3v) is 7.77. The van der Waals surface area contributed by atoms with E-state index in [1.165, 1.54) is 4.42 Å². The number of para-hydroxylation sites is 1. The number of carbonyl (C=O) groups is 2. The SMILES string of the molecule is O=C(N1CCOCC1)N1CCCC(C2(Cc3cccc(Cl)c3)C(=O)N(Cl)c3ccccc32)C1. The summed E-state index contributed by atoms with van der Waals surface area (Å²) in [7, 11) is 0. The first-order chi connectivity index (χ1) is 16.0. The number of ether oxygens (including phenoxy) is 1. The second-order valence-electron chi connectivity index (χ2n) is 9.05. The summed E-state index contributed by atoms with van der Waals surface area (Å²) in [6.45, 7) is 3.54. The van der Waals surface area contributed by atoms with Crippen molar-refractivity contribution in [3.8, 4) is 0 Å². The van der Waals surface area contributed by atoms with E-state index in [4.69, 9.17) is 28.1 Å². The monoisotopic (exact) mass is 487 g/mol. The summed E-state index contributed by atoms with van der Waals surface area (Å²) in [5, 5.41) is 0.636. The third-order valence-electron chi connectivity index (χ3n) is 7.20. The first-order valence-electron chi connectivity index (χ1n) is 11.5. The highest BCUT2D eigenvalue weighted by Gasteiger charge is 2.56. The van der Waals surface area contributed by atoms with Crippen LogP contribution in [0.3, 0.4) is 0 Å². The van der Waals surface area contributed by atoms with E-state index < -0.39 is 5.41 Å². The third kappa shape index (κ3) is 3.98. The van der Waals surface area contributed by atoms with E-state index in [1.54, 1.807) is 0 Å². The van der Waals surface area contributed by atoms with E-state index in [0.29, 0.717) is 50.8 Å². The molecule has 2 fully saturated rings. The van der Waals surface area contributed by atoms with Crippen molar-refractivity contribution < 1.29 is 14.3 Å². The predicted octanol–water partition coefficient (Wildman–Crippen LogP) is 4.49. The van der Waals surface area contributed by atoms with Gasteiger partial charge in [-0.05, 0) is 54.5 Å². The molecule has 0 N–H and O–H groups in total. The predicted molar refractivity (Wildman–Crippen MR) is 129 cm³/mol. The van der Waals surface area contributed by atoms with Gasteiger partial charge in [0.05, 0.1) is 24.3 Å². The maximum atomic E-state index is 13.9. The molecule has 2 unspecified atom stereocenters. The van der Waals surface area contributed by atoms with E-state index in [1.807, 2.05) is 58.3 Å². The molecule has 0 radical (unpaired) electrons. The van der Waals surface area contributed by atoms with E-state index in [2.05, 4.69) is 0 Å². The van der Waals surface area contributed by atoms with Crippen LogP contribution in [0.5, 0.6) is 0 Å². The highest BCUT2D eigenvalue weighted by atomic mass is 35.5. The van der Waals surface area contributed by atoms with Crippen molar-refractivity contribution in [3.63, 3.8) is 0 Å². The van der Waals surface area contributed by atoms with Gasteiger partial charge in [-0.3, -0.25) is 4.79 Å². The zero-order valence-electron chi connectivity index (χ0n) is 18.4. The molecule has 3 aliphatic rings. The molecular weight excluding hydrogens is 461 g/mol. The minimum absolute atomic E-state index is 0.0300. The van der Waals surface area contributed by atoms with Gasteiger partial charge in [-0.15, -0.1) is 0 Å². The van der Waals surface area contributed by atoms with E-state index in [-0.39, 0.29) is 17.9 Å². The molecular formula is C25H27Cl2N3O3. The van der Waals surface area contributed by atoms with Crippen LogP contribution in [0.2, 0.25) is 5.02 Å². The van der Waals surface area contributed by atoms with Gasteiger partial charge in [-0.1, -0.05) is 41.9 Å². The lowest BCUT2D eigenvalue weighted by Crippen LogP contribution is -2.56. The molecule has 2 aromatic rings. The number of hydrogen-bond acceptors (Lipinski definition) is 3. The molecule has 5 rings (SSSR count). The summed E-state index contributed by atoms with van der Waals surface area (Å²) in [6, 6.07) is 15.4. The topological polar surface area (TPSA) is 53.1 Å². The van der Waals surface area contributed by atoms with Crippen molar-refractivity contribution in [1.82, 2.24) is 9.80 Å². The van der Waals surface area contributed by atoms with Gasteiger partial charge in [0.2, 0.25) is 0 Å². The Morgan fingerprint density at radius 1 is 1.06 bits per heavy atom. The molecule has 2 aromatic carbocycles. The van der Waals surface area contributed by atoms with Crippen LogP contribution in [-0.4, -0.2) is 61.1 Å². The molecule has 3 amide bonds. The lowest BCUT2D eigenvalue weighted by atomic mass is 9.65. The number of hydrogen-bond donors (Lipinski definition) is 0. The van der Waals surface area contributed by atoms with Crippen LogP contribution in [0.15, 0.2) is 48.5 Å². The molecule has 0 spiro atoms. The van der Waals surface area contributed by atoms with Crippen LogP contribution >= 0.6 is 23.4 Å². The number of halogens is 2. The van der Waals surface area contributed by atoms with E-state index >= 15 is 0 Å². The number of rotatable bonds is 3. The van der Waals surface area contributed by atoms with Crippen molar-refractivity contribution in [2.24, 2.45) is 5.92 Å². The van der Waals surface area contributed by atoms with E-state index in [0.717, 1.165) is 29.7 Å². The summed E-state index contributed by atoms with van der Waals surface area (Å²) in [6.07, 6.45) is 2.17. The molecule has 8 heteroatoms. The van der Waals surface area contributed by atoms with Crippen molar-refractivity contribution in [2.45, 2.75) is 24.7 Å². The summed E-state index contributed by atoms with van der Waals surface area (Å²) >= 11 is 12.9. The number of anilines is 1. The fraction of sp³-hybridized carbons (Fsp3) is 0.440. The Balaban J connectivity index is 1.52. The Hall–Kier alpha value is -2.28. The Morgan fingerprint density at radius 3 is 2.64 bits per heavy atom. The zero-order chi connectivity index (χ0) is 23.0. The summed E-state index contributed by atoms with van der Waals surface area (Å²) in [5.41, 5.74) is 1.78. The number of carbonyl (C=O) groups excluding carboxylic acids is 2. The number of likely N-dealkylation sites (tertiary alicyclic amines) is 1. The van der Waals surface area contributed by atoms with Crippen LogP contribution in [0, 0.1) is 5.92 Å². The average molecular weight is 488 g/mol. The number of piperidine rings is 1. The Morgan fingerprint density at radius 2 is 1.85 bits per heavy atom. The lowest BCUT2D eigenvalue weighted by molar-refractivity contribution is -0.124. The highest BCUT2D eigenvalue weighted by Crippen LogP contribution is 2.51. The maximum Gasteiger partial charge on any atom is 0.320 e. The second kappa shape index (κ2) is 9.16. The molecule has 0 bridgehead atoms. The quantitative estimate of drug-likeness (QED) is 0.599. The molecule has 0 aromatic heterocycles. The number of amides is 3. The van der Waals surface area contributed by atoms with Crippen LogP contribution in [0.25, 0.3) is 0 Å². The summed E-state index contributed by atoms with van der Waals surface area (Å²) in [4.78, 5) is 30.9. The van der Waals surface area contributed by atoms with Crippen molar-refractivity contribution in [1.29, 1.82) is 0 Å². The minimum atomic E-state index is -0.854. The van der Waals surface area contributed by atoms with Gasteiger partial charge in [0.25, 0.3) is 5.91 Å². The number of nitrogens with zero attached hydrogens (tertiary/aromatic N) is 3. The first kappa shape index (κ1) is 22.5. The average Bonchev–Trinajstić information content (AvgIpc) is 3.07. The lowest BCUT2D eigenvalue weighted by Gasteiger charge is -2.44. The fourth-order valence-corrected chi connectivity index (χ4v) is 6.12. The number of urea groups is 1. The van der Waals surface area contributed by atoms with Gasteiger partial charge in [-0.2, -0.15) is 0 Å². The Bertz CT molecular complexity index is 1060. The number of benzene rings is 2. The molecule has 3 heterocycles. The van der Waals surface area contributed by atoms with Crippen molar-refractivity contribution >= 4 is 41.0 Å². The van der Waals surface area contributed by atoms with Gasteiger partial charge in [0, 0.05) is 43.0 Å². The normalized spacial score (nSPS) is 25.3. The second-order valence-corrected chi connectivity index (χ2v) is 9.82. The zero-order valence-corrected chi connectivity index (χ0v) is 19.9. The van der Waals surface area contributed by atoms with Gasteiger partial charge in [-0.25, -0.2) is 9.21 Å². The van der Waals surface area contributed by atoms with Crippen LogP contribution in [-0.2, 0) is 21.4 Å².